The van der Waals surface area contributed by atoms with Crippen LogP contribution in [0.4, 0.5) is 0 Å². The third-order valence-corrected chi connectivity index (χ3v) is 2.71. The summed E-state index contributed by atoms with van der Waals surface area (Å²) in [4.78, 5) is 28.9. The summed E-state index contributed by atoms with van der Waals surface area (Å²) in [7, 11) is 3.26. The lowest BCUT2D eigenvalue weighted by atomic mass is 10.2. The molecule has 1 rings (SSSR count). The molecule has 1 aromatic heterocycles. The molecule has 0 radical (unpaired) electrons. The van der Waals surface area contributed by atoms with Crippen molar-refractivity contribution < 1.29 is 9.59 Å². The van der Waals surface area contributed by atoms with E-state index < -0.39 is 11.9 Å². The van der Waals surface area contributed by atoms with Gasteiger partial charge in [-0.25, -0.2) is 0 Å². The van der Waals surface area contributed by atoms with Gasteiger partial charge in [0.1, 0.15) is 6.04 Å². The summed E-state index contributed by atoms with van der Waals surface area (Å²) in [6.45, 7) is 3.40. The number of aryl methyl sites for hydroxylation is 1. The Morgan fingerprint density at radius 1 is 1.44 bits per heavy atom. The number of nitrogens with zero attached hydrogens (tertiary/aromatic N) is 2. The van der Waals surface area contributed by atoms with Crippen LogP contribution in [0.15, 0.2) is 12.3 Å². The number of rotatable bonds is 3. The van der Waals surface area contributed by atoms with Crippen molar-refractivity contribution in [1.29, 1.82) is 0 Å². The molecule has 0 saturated carbocycles. The van der Waals surface area contributed by atoms with Gasteiger partial charge in [0.2, 0.25) is 5.91 Å². The van der Waals surface area contributed by atoms with Gasteiger partial charge in [-0.2, -0.15) is 0 Å². The number of carbonyl (C=O) groups excluding carboxylic acids is 2. The van der Waals surface area contributed by atoms with Crippen LogP contribution in [0.5, 0.6) is 0 Å². The van der Waals surface area contributed by atoms with Crippen LogP contribution < -0.4 is 5.32 Å². The number of aromatic nitrogens is 1. The minimum Gasteiger partial charge on any atom is -0.347 e. The lowest BCUT2D eigenvalue weighted by Crippen LogP contribution is -2.44. The van der Waals surface area contributed by atoms with E-state index in [1.165, 1.54) is 11.1 Å². The summed E-state index contributed by atoms with van der Waals surface area (Å²) in [6, 6.07) is 0.999. The minimum atomic E-state index is -0.607. The molecule has 5 nitrogen and oxygen atoms in total. The fraction of sp³-hybridized carbons (Fsp3) is 0.417. The van der Waals surface area contributed by atoms with E-state index in [1.807, 2.05) is 0 Å². The van der Waals surface area contributed by atoms with E-state index in [0.717, 1.165) is 5.69 Å². The number of halogens is 1. The summed E-state index contributed by atoms with van der Waals surface area (Å²) in [5.74, 6) is -0.588. The molecular formula is C12H16ClN3O2. The van der Waals surface area contributed by atoms with Crippen molar-refractivity contribution in [3.05, 3.63) is 28.5 Å². The van der Waals surface area contributed by atoms with Crippen LogP contribution in [0, 0.1) is 6.92 Å². The second-order valence-electron chi connectivity index (χ2n) is 4.23. The standard InChI is InChI=1S/C12H16ClN3O2/c1-7-5-10(13)9(6-14-7)11(17)15-8(2)12(18)16(3)4/h5-6,8H,1-4H3,(H,15,17). The molecule has 0 aromatic carbocycles. The van der Waals surface area contributed by atoms with Gasteiger partial charge >= 0.3 is 0 Å². The monoisotopic (exact) mass is 269 g/mol. The lowest BCUT2D eigenvalue weighted by molar-refractivity contribution is -0.130. The van der Waals surface area contributed by atoms with Gasteiger partial charge in [-0.1, -0.05) is 11.6 Å². The van der Waals surface area contributed by atoms with E-state index in [0.29, 0.717) is 5.02 Å². The van der Waals surface area contributed by atoms with Gasteiger partial charge < -0.3 is 10.2 Å². The maximum atomic E-state index is 11.9. The first-order valence-corrected chi connectivity index (χ1v) is 5.85. The molecule has 0 aliphatic rings. The zero-order chi connectivity index (χ0) is 13.9. The molecule has 1 heterocycles. The quantitative estimate of drug-likeness (QED) is 0.898. The highest BCUT2D eigenvalue weighted by Gasteiger charge is 2.19. The molecule has 18 heavy (non-hydrogen) atoms. The number of pyridine rings is 1. The Kier molecular flexibility index (Phi) is 4.67. The minimum absolute atomic E-state index is 0.181. The second kappa shape index (κ2) is 5.82. The Morgan fingerprint density at radius 2 is 2.06 bits per heavy atom. The average Bonchev–Trinajstić information content (AvgIpc) is 2.27. The van der Waals surface area contributed by atoms with Crippen LogP contribution >= 0.6 is 11.6 Å². The Balaban J connectivity index is 2.80. The molecular weight excluding hydrogens is 254 g/mol. The first-order chi connectivity index (χ1) is 8.32. The van der Waals surface area contributed by atoms with Crippen LogP contribution in [0.1, 0.15) is 23.0 Å². The zero-order valence-electron chi connectivity index (χ0n) is 10.8. The van der Waals surface area contributed by atoms with Crippen molar-refractivity contribution in [1.82, 2.24) is 15.2 Å². The van der Waals surface area contributed by atoms with Gasteiger partial charge in [-0.05, 0) is 19.9 Å². The normalized spacial score (nSPS) is 11.8. The Bertz CT molecular complexity index is 474. The molecule has 0 spiro atoms. The molecule has 0 fully saturated rings. The molecule has 2 amide bonds. The van der Waals surface area contributed by atoms with Gasteiger partial charge in [0, 0.05) is 26.0 Å². The Labute approximate surface area is 111 Å². The van der Waals surface area contributed by atoms with Gasteiger partial charge in [-0.3, -0.25) is 14.6 Å². The zero-order valence-corrected chi connectivity index (χ0v) is 11.6. The second-order valence-corrected chi connectivity index (χ2v) is 4.64. The fourth-order valence-corrected chi connectivity index (χ4v) is 1.71. The number of nitrogens with one attached hydrogen (secondary N) is 1. The number of amides is 2. The first-order valence-electron chi connectivity index (χ1n) is 5.47. The molecule has 1 unspecified atom stereocenters. The highest BCUT2D eigenvalue weighted by molar-refractivity contribution is 6.33. The van der Waals surface area contributed by atoms with Crippen LogP contribution in [-0.2, 0) is 4.79 Å². The smallest absolute Gasteiger partial charge is 0.255 e. The number of hydrogen-bond acceptors (Lipinski definition) is 3. The molecule has 98 valence electrons. The Hall–Kier alpha value is -1.62. The molecule has 0 aliphatic carbocycles. The summed E-state index contributed by atoms with van der Waals surface area (Å²) >= 11 is 5.95. The first kappa shape index (κ1) is 14.4. The van der Waals surface area contributed by atoms with E-state index in [-0.39, 0.29) is 11.5 Å². The van der Waals surface area contributed by atoms with Crippen molar-refractivity contribution >= 4 is 23.4 Å². The largest absolute Gasteiger partial charge is 0.347 e. The Morgan fingerprint density at radius 3 is 2.56 bits per heavy atom. The number of hydrogen-bond donors (Lipinski definition) is 1. The predicted molar refractivity (Wildman–Crippen MR) is 69.6 cm³/mol. The van der Waals surface area contributed by atoms with E-state index in [1.54, 1.807) is 34.0 Å². The summed E-state index contributed by atoms with van der Waals surface area (Å²) < 4.78 is 0. The van der Waals surface area contributed by atoms with Crippen LogP contribution in [0.3, 0.4) is 0 Å². The van der Waals surface area contributed by atoms with E-state index in [4.69, 9.17) is 11.6 Å². The maximum absolute atomic E-state index is 11.9. The van der Waals surface area contributed by atoms with Crippen molar-refractivity contribution in [3.8, 4) is 0 Å². The third kappa shape index (κ3) is 3.43. The maximum Gasteiger partial charge on any atom is 0.255 e. The number of carbonyl (C=O) groups is 2. The molecule has 0 aliphatic heterocycles. The van der Waals surface area contributed by atoms with Crippen molar-refractivity contribution in [2.24, 2.45) is 0 Å². The summed E-state index contributed by atoms with van der Waals surface area (Å²) in [5.41, 5.74) is 0.995. The van der Waals surface area contributed by atoms with Crippen LogP contribution in [0.2, 0.25) is 5.02 Å². The van der Waals surface area contributed by atoms with Crippen molar-refractivity contribution in [2.75, 3.05) is 14.1 Å². The summed E-state index contributed by atoms with van der Waals surface area (Å²) in [6.07, 6.45) is 1.40. The van der Waals surface area contributed by atoms with Gasteiger partial charge in [0.25, 0.3) is 5.91 Å². The van der Waals surface area contributed by atoms with Crippen LogP contribution in [-0.4, -0.2) is 41.8 Å². The van der Waals surface area contributed by atoms with Gasteiger partial charge in [0.15, 0.2) is 0 Å². The molecule has 1 aromatic rings. The third-order valence-electron chi connectivity index (χ3n) is 2.39. The molecule has 1 N–H and O–H groups in total. The topological polar surface area (TPSA) is 62.3 Å². The highest BCUT2D eigenvalue weighted by atomic mass is 35.5. The summed E-state index contributed by atoms with van der Waals surface area (Å²) in [5, 5.41) is 2.91. The fourth-order valence-electron chi connectivity index (χ4n) is 1.42. The molecule has 1 atom stereocenters. The van der Waals surface area contributed by atoms with Crippen molar-refractivity contribution in [3.63, 3.8) is 0 Å². The van der Waals surface area contributed by atoms with Crippen molar-refractivity contribution in [2.45, 2.75) is 19.9 Å². The lowest BCUT2D eigenvalue weighted by Gasteiger charge is -2.18. The average molecular weight is 270 g/mol. The van der Waals surface area contributed by atoms with E-state index in [9.17, 15) is 9.59 Å². The van der Waals surface area contributed by atoms with Gasteiger partial charge in [-0.15, -0.1) is 0 Å². The van der Waals surface area contributed by atoms with E-state index in [2.05, 4.69) is 10.3 Å². The van der Waals surface area contributed by atoms with E-state index >= 15 is 0 Å². The number of likely N-dealkylation sites (N-methyl/N-ethyl adjacent to an activating group) is 1. The SMILES string of the molecule is Cc1cc(Cl)c(C(=O)NC(C)C(=O)N(C)C)cn1. The predicted octanol–water partition coefficient (Wildman–Crippen LogP) is 1.25. The highest BCUT2D eigenvalue weighted by Crippen LogP contribution is 2.15. The molecule has 0 bridgehead atoms. The molecule has 6 heteroatoms. The molecule has 0 saturated heterocycles. The van der Waals surface area contributed by atoms with Gasteiger partial charge in [0.05, 0.1) is 10.6 Å². The van der Waals surface area contributed by atoms with Crippen LogP contribution in [0.25, 0.3) is 0 Å².